The van der Waals surface area contributed by atoms with Gasteiger partial charge in [-0.15, -0.1) is 0 Å². The Morgan fingerprint density at radius 3 is 2.17 bits per heavy atom. The molecule has 30 heavy (non-hydrogen) atoms. The number of nitrogens with zero attached hydrogens (tertiary/aromatic N) is 2. The molecule has 0 amide bonds. The monoisotopic (exact) mass is 450 g/mol. The van der Waals surface area contributed by atoms with Crippen LogP contribution >= 0.6 is 0 Å². The third kappa shape index (κ3) is 10.2. The number of methoxy groups -OCH3 is 1. The minimum Gasteiger partial charge on any atom is -0.726 e. The van der Waals surface area contributed by atoms with Crippen molar-refractivity contribution in [3.63, 3.8) is 0 Å². The van der Waals surface area contributed by atoms with Crippen LogP contribution in [0.1, 0.15) is 59.3 Å². The minimum absolute atomic E-state index is 0.0258. The maximum absolute atomic E-state index is 11.9. The smallest absolute Gasteiger partial charge is 0.366 e. The zero-order valence-electron chi connectivity index (χ0n) is 18.5. The summed E-state index contributed by atoms with van der Waals surface area (Å²) in [6.07, 6.45) is 11.2. The van der Waals surface area contributed by atoms with Crippen LogP contribution in [0.4, 0.5) is 0 Å². The Hall–Kier alpha value is -1.98. The number of unbranched alkanes of at least 4 members (excludes halogenated alkanes) is 5. The molecule has 11 heteroatoms. The molecule has 1 aromatic rings. The van der Waals surface area contributed by atoms with Gasteiger partial charge in [-0.1, -0.05) is 39.0 Å². The van der Waals surface area contributed by atoms with Crippen molar-refractivity contribution in [3.05, 3.63) is 18.7 Å². The van der Waals surface area contributed by atoms with Crippen LogP contribution in [0.2, 0.25) is 0 Å². The molecule has 0 fully saturated rings. The maximum Gasteiger partial charge on any atom is 0.366 e. The SMILES string of the molecule is CCCCCCCCOS(=O)(=O)[O-].CCOC(=O)[C@@](C)(C(=O)OC)n1cc[n+](C)c1. The summed E-state index contributed by atoms with van der Waals surface area (Å²) < 4.78 is 46.8. The number of esters is 2. The lowest BCUT2D eigenvalue weighted by molar-refractivity contribution is -0.671. The van der Waals surface area contributed by atoms with Gasteiger partial charge in [-0.05, 0) is 13.3 Å². The van der Waals surface area contributed by atoms with Crippen LogP contribution in [0.5, 0.6) is 0 Å². The summed E-state index contributed by atoms with van der Waals surface area (Å²) in [7, 11) is -1.44. The van der Waals surface area contributed by atoms with E-state index in [0.29, 0.717) is 6.42 Å². The summed E-state index contributed by atoms with van der Waals surface area (Å²) >= 11 is 0. The molecule has 0 saturated carbocycles. The molecule has 1 atom stereocenters. The number of aromatic nitrogens is 2. The van der Waals surface area contributed by atoms with Crippen LogP contribution in [0, 0.1) is 0 Å². The summed E-state index contributed by atoms with van der Waals surface area (Å²) in [6, 6.07) is 0. The summed E-state index contributed by atoms with van der Waals surface area (Å²) in [4.78, 5) is 23.7. The summed E-state index contributed by atoms with van der Waals surface area (Å²) in [5.74, 6) is -1.30. The number of aryl methyl sites for hydroxylation is 1. The molecular formula is C19H34N2O8S. The number of ether oxygens (including phenoxy) is 2. The maximum atomic E-state index is 11.9. The number of carbonyl (C=O) groups excluding carboxylic acids is 2. The Morgan fingerprint density at radius 2 is 1.70 bits per heavy atom. The minimum atomic E-state index is -4.47. The lowest BCUT2D eigenvalue weighted by atomic mass is 10.0. The van der Waals surface area contributed by atoms with Crippen molar-refractivity contribution >= 4 is 22.3 Å². The van der Waals surface area contributed by atoms with E-state index < -0.39 is 27.9 Å². The number of hydrogen-bond donors (Lipinski definition) is 0. The van der Waals surface area contributed by atoms with E-state index in [9.17, 15) is 22.6 Å². The van der Waals surface area contributed by atoms with Gasteiger partial charge in [0.1, 0.15) is 12.4 Å². The normalized spacial score (nSPS) is 13.0. The standard InChI is InChI=1S/C11H17N2O4.C8H18O4S/c1-5-17-10(15)11(2,9(14)16-4)13-7-6-12(3)8-13;1-2-3-4-5-6-7-8-12-13(9,10)11/h6-8H,5H2,1-4H3;2-8H2,1H3,(H,9,10,11)/q+1;/p-1/t11-;/m1./s1. The molecule has 0 unspecified atom stereocenters. The van der Waals surface area contributed by atoms with Crippen molar-refractivity contribution in [1.82, 2.24) is 4.57 Å². The Morgan fingerprint density at radius 1 is 1.10 bits per heavy atom. The van der Waals surface area contributed by atoms with Crippen molar-refractivity contribution in [2.45, 2.75) is 64.8 Å². The lowest BCUT2D eigenvalue weighted by Gasteiger charge is -2.20. The first kappa shape index (κ1) is 28.0. The first-order valence-electron chi connectivity index (χ1n) is 9.92. The van der Waals surface area contributed by atoms with Crippen LogP contribution in [-0.4, -0.2) is 49.8 Å². The fourth-order valence-electron chi connectivity index (χ4n) is 2.52. The third-order valence-electron chi connectivity index (χ3n) is 4.27. The molecule has 1 aromatic heterocycles. The first-order valence-corrected chi connectivity index (χ1v) is 11.3. The van der Waals surface area contributed by atoms with E-state index in [0.717, 1.165) is 12.8 Å². The molecule has 0 spiro atoms. The average molecular weight is 451 g/mol. The topological polar surface area (TPSA) is 128 Å². The van der Waals surface area contributed by atoms with E-state index in [4.69, 9.17) is 4.74 Å². The lowest BCUT2D eigenvalue weighted by Crippen LogP contribution is -2.48. The Labute approximate surface area is 179 Å². The Balaban J connectivity index is 0.000000584. The zero-order valence-corrected chi connectivity index (χ0v) is 19.3. The zero-order chi connectivity index (χ0) is 23.2. The van der Waals surface area contributed by atoms with Gasteiger partial charge in [-0.25, -0.2) is 27.1 Å². The Kier molecular flexibility index (Phi) is 13.2. The fourth-order valence-corrected chi connectivity index (χ4v) is 2.84. The van der Waals surface area contributed by atoms with Gasteiger partial charge in [0.2, 0.25) is 16.7 Å². The molecular weight excluding hydrogens is 416 g/mol. The molecule has 10 nitrogen and oxygen atoms in total. The van der Waals surface area contributed by atoms with Crippen LogP contribution in [0.25, 0.3) is 0 Å². The average Bonchev–Trinajstić information content (AvgIpc) is 3.12. The molecule has 0 N–H and O–H groups in total. The van der Waals surface area contributed by atoms with Gasteiger partial charge in [-0.2, -0.15) is 0 Å². The van der Waals surface area contributed by atoms with Gasteiger partial charge in [0.15, 0.2) is 0 Å². The number of carbonyl (C=O) groups is 2. The molecule has 0 aliphatic carbocycles. The molecule has 1 rings (SSSR count). The van der Waals surface area contributed by atoms with Crippen LogP contribution in [0.15, 0.2) is 18.7 Å². The molecule has 0 radical (unpaired) electrons. The van der Waals surface area contributed by atoms with E-state index in [1.165, 1.54) is 37.9 Å². The van der Waals surface area contributed by atoms with Gasteiger partial charge < -0.3 is 14.0 Å². The van der Waals surface area contributed by atoms with Gasteiger partial charge in [0.05, 0.1) is 27.4 Å². The predicted octanol–water partition coefficient (Wildman–Crippen LogP) is 1.59. The molecule has 0 bridgehead atoms. The Bertz CT molecular complexity index is 747. The number of rotatable bonds is 12. The van der Waals surface area contributed by atoms with Crippen LogP contribution < -0.4 is 4.57 Å². The first-order chi connectivity index (χ1) is 14.0. The molecule has 0 aliphatic heterocycles. The van der Waals surface area contributed by atoms with Crippen molar-refractivity contribution in [2.24, 2.45) is 7.05 Å². The molecule has 0 saturated heterocycles. The number of hydrogen-bond acceptors (Lipinski definition) is 8. The van der Waals surface area contributed by atoms with Crippen molar-refractivity contribution in [3.8, 4) is 0 Å². The predicted molar refractivity (Wildman–Crippen MR) is 107 cm³/mol. The summed E-state index contributed by atoms with van der Waals surface area (Å²) in [6.45, 7) is 5.52. The summed E-state index contributed by atoms with van der Waals surface area (Å²) in [5, 5.41) is 0. The van der Waals surface area contributed by atoms with Gasteiger partial charge >= 0.3 is 17.5 Å². The van der Waals surface area contributed by atoms with E-state index >= 15 is 0 Å². The van der Waals surface area contributed by atoms with E-state index in [-0.39, 0.29) is 13.2 Å². The molecule has 1 heterocycles. The fraction of sp³-hybridized carbons (Fsp3) is 0.737. The van der Waals surface area contributed by atoms with Crippen molar-refractivity contribution < 1.29 is 40.8 Å². The summed E-state index contributed by atoms with van der Waals surface area (Å²) in [5.41, 5.74) is -1.49. The van der Waals surface area contributed by atoms with Gasteiger partial charge in [0.25, 0.3) is 0 Å². The van der Waals surface area contributed by atoms with E-state index in [1.807, 2.05) is 0 Å². The second kappa shape index (κ2) is 14.1. The highest BCUT2D eigenvalue weighted by molar-refractivity contribution is 7.80. The largest absolute Gasteiger partial charge is 0.726 e. The molecule has 0 aromatic carbocycles. The van der Waals surface area contributed by atoms with Crippen molar-refractivity contribution in [1.29, 1.82) is 0 Å². The van der Waals surface area contributed by atoms with Gasteiger partial charge in [0, 0.05) is 6.92 Å². The van der Waals surface area contributed by atoms with Crippen LogP contribution in [0.3, 0.4) is 0 Å². The van der Waals surface area contributed by atoms with Crippen LogP contribution in [-0.2, 0) is 46.2 Å². The van der Waals surface area contributed by atoms with Crippen molar-refractivity contribution in [2.75, 3.05) is 20.3 Å². The van der Waals surface area contributed by atoms with E-state index in [1.54, 1.807) is 37.3 Å². The van der Waals surface area contributed by atoms with Gasteiger partial charge in [-0.3, -0.25) is 4.18 Å². The number of imidazole rings is 1. The quantitative estimate of drug-likeness (QED) is 0.117. The molecule has 0 aliphatic rings. The highest BCUT2D eigenvalue weighted by Gasteiger charge is 2.50. The molecule has 174 valence electrons. The van der Waals surface area contributed by atoms with E-state index in [2.05, 4.69) is 15.8 Å². The third-order valence-corrected chi connectivity index (χ3v) is 4.72. The second-order valence-electron chi connectivity index (χ2n) is 6.77. The highest BCUT2D eigenvalue weighted by atomic mass is 32.3. The second-order valence-corrected chi connectivity index (χ2v) is 7.82. The highest BCUT2D eigenvalue weighted by Crippen LogP contribution is 2.19.